The molecule has 4 nitrogen and oxygen atoms in total. The van der Waals surface area contributed by atoms with Gasteiger partial charge in [-0.15, -0.1) is 0 Å². The van der Waals surface area contributed by atoms with Crippen molar-refractivity contribution in [2.75, 3.05) is 6.61 Å². The minimum absolute atomic E-state index is 0.0487. The number of benzene rings is 2. The maximum atomic E-state index is 11.5. The number of ether oxygens (including phenoxy) is 2. The molecule has 0 fully saturated rings. The van der Waals surface area contributed by atoms with E-state index in [2.05, 4.69) is 11.9 Å². The topological polar surface area (TPSA) is 47.6 Å². The van der Waals surface area contributed by atoms with E-state index in [1.54, 1.807) is 0 Å². The number of fused-ring (bicyclic) bond motifs is 1. The summed E-state index contributed by atoms with van der Waals surface area (Å²) >= 11 is 0. The van der Waals surface area contributed by atoms with Crippen molar-refractivity contribution in [2.24, 2.45) is 0 Å². The molecule has 1 aliphatic rings. The monoisotopic (exact) mass is 309 g/mol. The molecule has 1 heterocycles. The fourth-order valence-electron chi connectivity index (χ4n) is 2.58. The molecule has 4 heteroatoms. The number of hydrogen-bond acceptors (Lipinski definition) is 3. The summed E-state index contributed by atoms with van der Waals surface area (Å²) in [5, 5.41) is 2.92. The molecule has 23 heavy (non-hydrogen) atoms. The normalized spacial score (nSPS) is 15.9. The summed E-state index contributed by atoms with van der Waals surface area (Å²) in [6.07, 6.45) is 2.03. The Bertz CT molecular complexity index is 697. The zero-order valence-electron chi connectivity index (χ0n) is 12.8. The SMILES string of the molecule is C=CC(=O)NC1CCOc2cc(OCc3ccccc3)ccc21. The van der Waals surface area contributed by atoms with Crippen molar-refractivity contribution in [3.05, 3.63) is 72.3 Å². The maximum absolute atomic E-state index is 11.5. The summed E-state index contributed by atoms with van der Waals surface area (Å²) in [5.74, 6) is 1.34. The number of carbonyl (C=O) groups is 1. The van der Waals surface area contributed by atoms with Gasteiger partial charge in [-0.3, -0.25) is 4.79 Å². The quantitative estimate of drug-likeness (QED) is 0.861. The van der Waals surface area contributed by atoms with Gasteiger partial charge in [0.05, 0.1) is 12.6 Å². The second-order valence-corrected chi connectivity index (χ2v) is 5.38. The Morgan fingerprint density at radius 1 is 1.30 bits per heavy atom. The van der Waals surface area contributed by atoms with Gasteiger partial charge >= 0.3 is 0 Å². The van der Waals surface area contributed by atoms with E-state index in [0.29, 0.717) is 13.2 Å². The lowest BCUT2D eigenvalue weighted by molar-refractivity contribution is -0.117. The number of hydrogen-bond donors (Lipinski definition) is 1. The molecule has 0 bridgehead atoms. The van der Waals surface area contributed by atoms with Crippen molar-refractivity contribution in [1.29, 1.82) is 0 Å². The molecule has 1 unspecified atom stereocenters. The van der Waals surface area contributed by atoms with Gasteiger partial charge in [-0.25, -0.2) is 0 Å². The Hall–Kier alpha value is -2.75. The first-order valence-corrected chi connectivity index (χ1v) is 7.62. The van der Waals surface area contributed by atoms with Crippen molar-refractivity contribution >= 4 is 5.91 Å². The largest absolute Gasteiger partial charge is 0.493 e. The molecule has 2 aromatic rings. The van der Waals surface area contributed by atoms with E-state index >= 15 is 0 Å². The molecule has 0 aromatic heterocycles. The van der Waals surface area contributed by atoms with Gasteiger partial charge in [-0.2, -0.15) is 0 Å². The summed E-state index contributed by atoms with van der Waals surface area (Å²) in [4.78, 5) is 11.5. The van der Waals surface area contributed by atoms with Crippen LogP contribution in [0.15, 0.2) is 61.2 Å². The number of rotatable bonds is 5. The molecule has 1 amide bonds. The lowest BCUT2D eigenvalue weighted by atomic mass is 10.0. The standard InChI is InChI=1S/C19H19NO3/c1-2-19(21)20-17-10-11-22-18-12-15(8-9-16(17)18)23-13-14-6-4-3-5-7-14/h2-9,12,17H,1,10-11,13H2,(H,20,21). The van der Waals surface area contributed by atoms with Crippen LogP contribution in [0.2, 0.25) is 0 Å². The molecule has 1 aliphatic heterocycles. The van der Waals surface area contributed by atoms with Gasteiger partial charge in [0.15, 0.2) is 0 Å². The van der Waals surface area contributed by atoms with Gasteiger partial charge in [0.2, 0.25) is 5.91 Å². The molecule has 0 saturated heterocycles. The Labute approximate surface area is 135 Å². The highest BCUT2D eigenvalue weighted by molar-refractivity contribution is 5.87. The minimum Gasteiger partial charge on any atom is -0.493 e. The van der Waals surface area contributed by atoms with Gasteiger partial charge in [0.25, 0.3) is 0 Å². The van der Waals surface area contributed by atoms with E-state index in [1.165, 1.54) is 6.08 Å². The van der Waals surface area contributed by atoms with E-state index < -0.39 is 0 Å². The van der Waals surface area contributed by atoms with E-state index in [-0.39, 0.29) is 11.9 Å². The van der Waals surface area contributed by atoms with Crippen molar-refractivity contribution in [1.82, 2.24) is 5.32 Å². The summed E-state index contributed by atoms with van der Waals surface area (Å²) < 4.78 is 11.5. The van der Waals surface area contributed by atoms with Crippen LogP contribution in [-0.2, 0) is 11.4 Å². The third kappa shape index (κ3) is 3.72. The number of nitrogens with one attached hydrogen (secondary N) is 1. The molecule has 0 saturated carbocycles. The first-order valence-electron chi connectivity index (χ1n) is 7.62. The lowest BCUT2D eigenvalue weighted by Crippen LogP contribution is -2.30. The summed E-state index contributed by atoms with van der Waals surface area (Å²) in [7, 11) is 0. The molecule has 118 valence electrons. The summed E-state index contributed by atoms with van der Waals surface area (Å²) in [5.41, 5.74) is 2.08. The van der Waals surface area contributed by atoms with Crippen molar-refractivity contribution in [3.63, 3.8) is 0 Å². The lowest BCUT2D eigenvalue weighted by Gasteiger charge is -2.26. The second kappa shape index (κ2) is 7.01. The van der Waals surface area contributed by atoms with Crippen LogP contribution in [0, 0.1) is 0 Å². The van der Waals surface area contributed by atoms with Crippen molar-refractivity contribution in [2.45, 2.75) is 19.1 Å². The van der Waals surface area contributed by atoms with Crippen LogP contribution >= 0.6 is 0 Å². The predicted molar refractivity (Wildman–Crippen MR) is 88.4 cm³/mol. The van der Waals surface area contributed by atoms with Crippen LogP contribution in [0.25, 0.3) is 0 Å². The van der Waals surface area contributed by atoms with Crippen LogP contribution in [0.1, 0.15) is 23.6 Å². The highest BCUT2D eigenvalue weighted by Gasteiger charge is 2.22. The zero-order chi connectivity index (χ0) is 16.1. The molecule has 2 aromatic carbocycles. The average Bonchev–Trinajstić information content (AvgIpc) is 2.60. The number of amides is 1. The molecule has 3 rings (SSSR count). The highest BCUT2D eigenvalue weighted by Crippen LogP contribution is 2.35. The van der Waals surface area contributed by atoms with Crippen molar-refractivity contribution < 1.29 is 14.3 Å². The predicted octanol–water partition coefficient (Wildman–Crippen LogP) is 3.39. The summed E-state index contributed by atoms with van der Waals surface area (Å²) in [6.45, 7) is 4.56. The van der Waals surface area contributed by atoms with Crippen LogP contribution in [0.3, 0.4) is 0 Å². The maximum Gasteiger partial charge on any atom is 0.243 e. The molecule has 0 spiro atoms. The fraction of sp³-hybridized carbons (Fsp3) is 0.211. The first-order chi connectivity index (χ1) is 11.3. The minimum atomic E-state index is -0.174. The van der Waals surface area contributed by atoms with Crippen LogP contribution in [0.4, 0.5) is 0 Å². The Kier molecular flexibility index (Phi) is 4.62. The fourth-order valence-corrected chi connectivity index (χ4v) is 2.58. The Morgan fingerprint density at radius 3 is 2.91 bits per heavy atom. The third-order valence-corrected chi connectivity index (χ3v) is 3.77. The Morgan fingerprint density at radius 2 is 2.13 bits per heavy atom. The van der Waals surface area contributed by atoms with Crippen LogP contribution in [0.5, 0.6) is 11.5 Å². The van der Waals surface area contributed by atoms with Gasteiger partial charge in [-0.05, 0) is 23.8 Å². The van der Waals surface area contributed by atoms with E-state index in [1.807, 2.05) is 48.5 Å². The molecule has 1 atom stereocenters. The summed E-state index contributed by atoms with van der Waals surface area (Å²) in [6, 6.07) is 15.7. The molecular weight excluding hydrogens is 290 g/mol. The molecular formula is C19H19NO3. The molecule has 0 aliphatic carbocycles. The van der Waals surface area contributed by atoms with Crippen molar-refractivity contribution in [3.8, 4) is 11.5 Å². The van der Waals surface area contributed by atoms with E-state index in [0.717, 1.165) is 29.0 Å². The highest BCUT2D eigenvalue weighted by atomic mass is 16.5. The smallest absolute Gasteiger partial charge is 0.243 e. The third-order valence-electron chi connectivity index (χ3n) is 3.77. The zero-order valence-corrected chi connectivity index (χ0v) is 12.8. The van der Waals surface area contributed by atoms with Crippen LogP contribution in [-0.4, -0.2) is 12.5 Å². The number of carbonyl (C=O) groups excluding carboxylic acids is 1. The van der Waals surface area contributed by atoms with Gasteiger partial charge in [0, 0.05) is 18.1 Å². The van der Waals surface area contributed by atoms with Gasteiger partial charge < -0.3 is 14.8 Å². The first kappa shape index (κ1) is 15.2. The van der Waals surface area contributed by atoms with Gasteiger partial charge in [-0.1, -0.05) is 36.9 Å². The van der Waals surface area contributed by atoms with E-state index in [4.69, 9.17) is 9.47 Å². The average molecular weight is 309 g/mol. The Balaban J connectivity index is 1.71. The van der Waals surface area contributed by atoms with Gasteiger partial charge in [0.1, 0.15) is 18.1 Å². The second-order valence-electron chi connectivity index (χ2n) is 5.38. The molecule has 0 radical (unpaired) electrons. The molecule has 1 N–H and O–H groups in total. The van der Waals surface area contributed by atoms with Crippen LogP contribution < -0.4 is 14.8 Å². The van der Waals surface area contributed by atoms with E-state index in [9.17, 15) is 4.79 Å².